The molecule has 0 aliphatic rings. The molecule has 0 spiro atoms. The fourth-order valence-corrected chi connectivity index (χ4v) is 0.889. The first-order valence-corrected chi connectivity index (χ1v) is 4.01. The van der Waals surface area contributed by atoms with Gasteiger partial charge in [0.25, 0.3) is 0 Å². The molecule has 12 heavy (non-hydrogen) atoms. The molecule has 0 heterocycles. The van der Waals surface area contributed by atoms with Gasteiger partial charge in [-0.05, 0) is 25.3 Å². The molecule has 0 amide bonds. The molecule has 0 aliphatic heterocycles. The van der Waals surface area contributed by atoms with Gasteiger partial charge in [0.1, 0.15) is 0 Å². The molecule has 3 N–H and O–H groups in total. The third kappa shape index (κ3) is 3.53. The number of rotatable bonds is 4. The minimum atomic E-state index is -0.848. The van der Waals surface area contributed by atoms with Gasteiger partial charge in [0.15, 0.2) is 0 Å². The first-order valence-electron chi connectivity index (χ1n) is 4.01. The van der Waals surface area contributed by atoms with E-state index in [4.69, 9.17) is 10.8 Å². The minimum absolute atomic E-state index is 0.125. The smallest absolute Gasteiger partial charge is 0.331 e. The van der Waals surface area contributed by atoms with Crippen molar-refractivity contribution in [1.82, 2.24) is 0 Å². The molecule has 0 saturated heterocycles. The molecule has 3 heteroatoms. The molecule has 0 saturated carbocycles. The zero-order chi connectivity index (χ0) is 9.78. The van der Waals surface area contributed by atoms with Crippen LogP contribution in [0, 0.1) is 5.41 Å². The van der Waals surface area contributed by atoms with Crippen LogP contribution < -0.4 is 5.73 Å². The Kier molecular flexibility index (Phi) is 3.96. The van der Waals surface area contributed by atoms with Crippen molar-refractivity contribution in [2.75, 3.05) is 6.54 Å². The quantitative estimate of drug-likeness (QED) is 0.628. The van der Waals surface area contributed by atoms with E-state index in [-0.39, 0.29) is 5.41 Å². The summed E-state index contributed by atoms with van der Waals surface area (Å²) in [4.78, 5) is 10.6. The van der Waals surface area contributed by atoms with Gasteiger partial charge in [-0.2, -0.15) is 0 Å². The van der Waals surface area contributed by atoms with E-state index in [0.717, 1.165) is 0 Å². The largest absolute Gasteiger partial charge is 0.478 e. The molecule has 0 bridgehead atoms. The van der Waals surface area contributed by atoms with Crippen LogP contribution in [0.25, 0.3) is 0 Å². The molecule has 0 aromatic rings. The lowest BCUT2D eigenvalue weighted by Crippen LogP contribution is -2.25. The molecule has 0 rings (SSSR count). The van der Waals surface area contributed by atoms with Crippen molar-refractivity contribution >= 4 is 5.97 Å². The summed E-state index contributed by atoms with van der Waals surface area (Å²) in [6, 6.07) is 0. The van der Waals surface area contributed by atoms with E-state index < -0.39 is 5.97 Å². The van der Waals surface area contributed by atoms with E-state index in [1.54, 1.807) is 13.0 Å². The first-order chi connectivity index (χ1) is 5.43. The van der Waals surface area contributed by atoms with Gasteiger partial charge >= 0.3 is 5.97 Å². The number of hydrogen-bond donors (Lipinski definition) is 2. The molecule has 70 valence electrons. The summed E-state index contributed by atoms with van der Waals surface area (Å²) in [5, 5.41) is 8.72. The second kappa shape index (κ2) is 4.26. The third-order valence-electron chi connectivity index (χ3n) is 1.84. The van der Waals surface area contributed by atoms with Crippen LogP contribution in [0.15, 0.2) is 11.6 Å². The van der Waals surface area contributed by atoms with Crippen LogP contribution >= 0.6 is 0 Å². The Morgan fingerprint density at radius 1 is 1.58 bits per heavy atom. The van der Waals surface area contributed by atoms with Crippen LogP contribution in [0.3, 0.4) is 0 Å². The zero-order valence-corrected chi connectivity index (χ0v) is 7.92. The number of carbonyl (C=O) groups is 1. The van der Waals surface area contributed by atoms with Gasteiger partial charge in [-0.1, -0.05) is 19.9 Å². The standard InChI is InChI=1S/C9H17NO2/c1-4-7(8(11)12)5-9(2,3)6-10/h4H,5-6,10H2,1-3H3,(H,11,12). The zero-order valence-electron chi connectivity index (χ0n) is 7.92. The van der Waals surface area contributed by atoms with Gasteiger partial charge in [-0.25, -0.2) is 4.79 Å². The number of hydrogen-bond acceptors (Lipinski definition) is 2. The van der Waals surface area contributed by atoms with Crippen LogP contribution in [0.4, 0.5) is 0 Å². The maximum absolute atomic E-state index is 10.6. The van der Waals surface area contributed by atoms with Gasteiger partial charge < -0.3 is 10.8 Å². The molecular formula is C9H17NO2. The average Bonchev–Trinajstić information content (AvgIpc) is 2.00. The number of carboxylic acids is 1. The number of nitrogens with two attached hydrogens (primary N) is 1. The van der Waals surface area contributed by atoms with Gasteiger partial charge in [-0.15, -0.1) is 0 Å². The molecule has 0 aliphatic carbocycles. The van der Waals surface area contributed by atoms with E-state index in [2.05, 4.69) is 0 Å². The Morgan fingerprint density at radius 2 is 2.08 bits per heavy atom. The highest BCUT2D eigenvalue weighted by molar-refractivity contribution is 5.86. The van der Waals surface area contributed by atoms with E-state index in [1.165, 1.54) is 0 Å². The van der Waals surface area contributed by atoms with E-state index in [1.807, 2.05) is 13.8 Å². The summed E-state index contributed by atoms with van der Waals surface area (Å²) in [5.74, 6) is -0.848. The molecular weight excluding hydrogens is 154 g/mol. The monoisotopic (exact) mass is 171 g/mol. The topological polar surface area (TPSA) is 63.3 Å². The first kappa shape index (κ1) is 11.2. The minimum Gasteiger partial charge on any atom is -0.478 e. The predicted octanol–water partition coefficient (Wildman–Crippen LogP) is 1.39. The van der Waals surface area contributed by atoms with Crippen molar-refractivity contribution < 1.29 is 9.90 Å². The van der Waals surface area contributed by atoms with Gasteiger partial charge in [0.05, 0.1) is 0 Å². The van der Waals surface area contributed by atoms with E-state index in [9.17, 15) is 4.79 Å². The lowest BCUT2D eigenvalue weighted by Gasteiger charge is -2.22. The highest BCUT2D eigenvalue weighted by Gasteiger charge is 2.20. The summed E-state index contributed by atoms with van der Waals surface area (Å²) in [6.45, 7) is 6.15. The molecule has 0 aromatic heterocycles. The van der Waals surface area contributed by atoms with E-state index in [0.29, 0.717) is 18.5 Å². The number of carboxylic acid groups (broad SMARTS) is 1. The van der Waals surface area contributed by atoms with Crippen LogP contribution in [-0.4, -0.2) is 17.6 Å². The summed E-state index contributed by atoms with van der Waals surface area (Å²) >= 11 is 0. The molecule has 0 radical (unpaired) electrons. The normalized spacial score (nSPS) is 13.2. The van der Waals surface area contributed by atoms with Crippen LogP contribution in [0.5, 0.6) is 0 Å². The second-order valence-electron chi connectivity index (χ2n) is 3.66. The Labute approximate surface area is 73.3 Å². The molecule has 0 aromatic carbocycles. The Morgan fingerprint density at radius 3 is 2.33 bits per heavy atom. The number of allylic oxidation sites excluding steroid dienone is 1. The molecule has 0 unspecified atom stereocenters. The van der Waals surface area contributed by atoms with E-state index >= 15 is 0 Å². The summed E-state index contributed by atoms with van der Waals surface area (Å²) in [5.41, 5.74) is 5.80. The van der Waals surface area contributed by atoms with Gasteiger partial charge in [-0.3, -0.25) is 0 Å². The maximum Gasteiger partial charge on any atom is 0.331 e. The van der Waals surface area contributed by atoms with Gasteiger partial charge in [0.2, 0.25) is 0 Å². The van der Waals surface area contributed by atoms with Crippen molar-refractivity contribution in [3.8, 4) is 0 Å². The summed E-state index contributed by atoms with van der Waals surface area (Å²) in [7, 11) is 0. The lowest BCUT2D eigenvalue weighted by molar-refractivity contribution is -0.133. The van der Waals surface area contributed by atoms with Crippen molar-refractivity contribution in [2.45, 2.75) is 27.2 Å². The summed E-state index contributed by atoms with van der Waals surface area (Å²) in [6.07, 6.45) is 2.15. The van der Waals surface area contributed by atoms with Crippen molar-refractivity contribution in [2.24, 2.45) is 11.1 Å². The van der Waals surface area contributed by atoms with Crippen LogP contribution in [-0.2, 0) is 4.79 Å². The molecule has 0 fully saturated rings. The Balaban J connectivity index is 4.33. The second-order valence-corrected chi connectivity index (χ2v) is 3.66. The fourth-order valence-electron chi connectivity index (χ4n) is 0.889. The SMILES string of the molecule is CC=C(CC(C)(C)CN)C(=O)O. The highest BCUT2D eigenvalue weighted by atomic mass is 16.4. The van der Waals surface area contributed by atoms with Crippen molar-refractivity contribution in [1.29, 1.82) is 0 Å². The number of aliphatic carboxylic acids is 1. The van der Waals surface area contributed by atoms with Crippen LogP contribution in [0.2, 0.25) is 0 Å². The van der Waals surface area contributed by atoms with Crippen molar-refractivity contribution in [3.05, 3.63) is 11.6 Å². The highest BCUT2D eigenvalue weighted by Crippen LogP contribution is 2.23. The molecule has 3 nitrogen and oxygen atoms in total. The van der Waals surface area contributed by atoms with Gasteiger partial charge in [0, 0.05) is 5.57 Å². The Hall–Kier alpha value is -0.830. The predicted molar refractivity (Wildman–Crippen MR) is 48.8 cm³/mol. The van der Waals surface area contributed by atoms with Crippen molar-refractivity contribution in [3.63, 3.8) is 0 Å². The summed E-state index contributed by atoms with van der Waals surface area (Å²) < 4.78 is 0. The third-order valence-corrected chi connectivity index (χ3v) is 1.84. The average molecular weight is 171 g/mol. The van der Waals surface area contributed by atoms with Crippen LogP contribution in [0.1, 0.15) is 27.2 Å². The lowest BCUT2D eigenvalue weighted by atomic mass is 9.85. The molecule has 0 atom stereocenters. The Bertz CT molecular complexity index is 195. The fraction of sp³-hybridized carbons (Fsp3) is 0.667. The maximum atomic E-state index is 10.6.